The van der Waals surface area contributed by atoms with Gasteiger partial charge in [0.25, 0.3) is 0 Å². The molecule has 8 heteroatoms. The summed E-state index contributed by atoms with van der Waals surface area (Å²) in [6.45, 7) is 11.0. The summed E-state index contributed by atoms with van der Waals surface area (Å²) in [5.74, 6) is 1.51. The summed E-state index contributed by atoms with van der Waals surface area (Å²) >= 11 is 0. The van der Waals surface area contributed by atoms with E-state index in [4.69, 9.17) is 4.74 Å². The van der Waals surface area contributed by atoms with Crippen LogP contribution in [0.25, 0.3) is 0 Å². The maximum absolute atomic E-state index is 11.8. The zero-order valence-corrected chi connectivity index (χ0v) is 22.5. The Labute approximate surface area is 203 Å². The van der Waals surface area contributed by atoms with Crippen molar-refractivity contribution in [1.82, 2.24) is 10.6 Å². The third-order valence-electron chi connectivity index (χ3n) is 4.41. The third-order valence-corrected chi connectivity index (χ3v) is 5.66. The van der Waals surface area contributed by atoms with E-state index >= 15 is 0 Å². The highest BCUT2D eigenvalue weighted by atomic mass is 127. The number of aliphatic imine (C=N–C) groups is 1. The SMILES string of the molecule is CN=C(NCc1ccc(S(C)(=O)=O)c(C)c1)NCc1ccc(C)cc1OC(C)(C)C.I. The minimum Gasteiger partial charge on any atom is -0.488 e. The van der Waals surface area contributed by atoms with Crippen molar-refractivity contribution in [3.63, 3.8) is 0 Å². The Morgan fingerprint density at radius 2 is 1.68 bits per heavy atom. The van der Waals surface area contributed by atoms with Gasteiger partial charge in [-0.3, -0.25) is 4.99 Å². The van der Waals surface area contributed by atoms with E-state index in [0.717, 1.165) is 28.0 Å². The van der Waals surface area contributed by atoms with Gasteiger partial charge in [-0.1, -0.05) is 24.3 Å². The molecule has 0 aliphatic heterocycles. The zero-order chi connectivity index (χ0) is 22.5. The molecule has 172 valence electrons. The highest BCUT2D eigenvalue weighted by Crippen LogP contribution is 2.24. The van der Waals surface area contributed by atoms with Crippen LogP contribution in [0.3, 0.4) is 0 Å². The Kier molecular flexibility index (Phi) is 9.81. The number of hydrogen-bond donors (Lipinski definition) is 2. The van der Waals surface area contributed by atoms with Gasteiger partial charge in [-0.05, 0) is 63.4 Å². The lowest BCUT2D eigenvalue weighted by Crippen LogP contribution is -2.36. The van der Waals surface area contributed by atoms with E-state index in [9.17, 15) is 8.42 Å². The highest BCUT2D eigenvalue weighted by Gasteiger charge is 2.15. The van der Waals surface area contributed by atoms with Crippen LogP contribution in [0.4, 0.5) is 0 Å². The number of sulfone groups is 1. The van der Waals surface area contributed by atoms with Gasteiger partial charge in [0.2, 0.25) is 0 Å². The molecule has 0 fully saturated rings. The first kappa shape index (κ1) is 27.2. The fraction of sp³-hybridized carbons (Fsp3) is 0.435. The van der Waals surface area contributed by atoms with Crippen LogP contribution in [-0.2, 0) is 22.9 Å². The second kappa shape index (κ2) is 11.2. The summed E-state index contributed by atoms with van der Waals surface area (Å²) in [6.07, 6.45) is 1.22. The second-order valence-corrected chi connectivity index (χ2v) is 10.5. The summed E-state index contributed by atoms with van der Waals surface area (Å²) in [5.41, 5.74) is 3.64. The Morgan fingerprint density at radius 3 is 2.23 bits per heavy atom. The molecular formula is C23H34IN3O3S. The average molecular weight is 560 g/mol. The maximum Gasteiger partial charge on any atom is 0.191 e. The van der Waals surface area contributed by atoms with Crippen molar-refractivity contribution >= 4 is 39.8 Å². The van der Waals surface area contributed by atoms with E-state index in [2.05, 4.69) is 27.8 Å². The number of nitrogens with one attached hydrogen (secondary N) is 2. The Balaban J connectivity index is 0.00000480. The molecule has 0 unspecified atom stereocenters. The molecule has 0 bridgehead atoms. The van der Waals surface area contributed by atoms with Crippen molar-refractivity contribution in [3.05, 3.63) is 58.7 Å². The number of nitrogens with zero attached hydrogens (tertiary/aromatic N) is 1. The van der Waals surface area contributed by atoms with Crippen LogP contribution in [0.15, 0.2) is 46.3 Å². The van der Waals surface area contributed by atoms with Gasteiger partial charge in [-0.15, -0.1) is 24.0 Å². The lowest BCUT2D eigenvalue weighted by Gasteiger charge is -2.24. The lowest BCUT2D eigenvalue weighted by molar-refractivity contribution is 0.129. The van der Waals surface area contributed by atoms with Gasteiger partial charge in [0.05, 0.1) is 4.90 Å². The third kappa shape index (κ3) is 8.68. The Hall–Kier alpha value is -1.81. The van der Waals surface area contributed by atoms with Crippen LogP contribution in [0.2, 0.25) is 0 Å². The molecule has 2 N–H and O–H groups in total. The Bertz CT molecular complexity index is 1030. The van der Waals surface area contributed by atoms with Crippen LogP contribution < -0.4 is 15.4 Å². The molecule has 0 aromatic heterocycles. The number of ether oxygens (including phenoxy) is 1. The largest absolute Gasteiger partial charge is 0.488 e. The maximum atomic E-state index is 11.8. The van der Waals surface area contributed by atoms with Crippen LogP contribution in [0, 0.1) is 13.8 Å². The van der Waals surface area contributed by atoms with E-state index in [-0.39, 0.29) is 29.6 Å². The van der Waals surface area contributed by atoms with E-state index in [1.165, 1.54) is 6.26 Å². The highest BCUT2D eigenvalue weighted by molar-refractivity contribution is 14.0. The predicted octanol–water partition coefficient (Wildman–Crippen LogP) is 4.37. The number of rotatable bonds is 6. The monoisotopic (exact) mass is 559 g/mol. The minimum absolute atomic E-state index is 0. The molecule has 2 aromatic carbocycles. The molecule has 2 aromatic rings. The summed E-state index contributed by atoms with van der Waals surface area (Å²) in [4.78, 5) is 4.64. The number of aryl methyl sites for hydroxylation is 2. The van der Waals surface area contributed by atoms with Gasteiger partial charge in [0.1, 0.15) is 11.4 Å². The molecule has 31 heavy (non-hydrogen) atoms. The number of guanidine groups is 1. The van der Waals surface area contributed by atoms with Crippen molar-refractivity contribution in [2.45, 2.75) is 58.2 Å². The fourth-order valence-electron chi connectivity index (χ4n) is 3.06. The first-order chi connectivity index (χ1) is 13.9. The summed E-state index contributed by atoms with van der Waals surface area (Å²) in [5, 5.41) is 6.58. The molecule has 0 radical (unpaired) electrons. The van der Waals surface area contributed by atoms with Gasteiger partial charge in [0, 0.05) is 32.0 Å². The van der Waals surface area contributed by atoms with E-state index < -0.39 is 9.84 Å². The topological polar surface area (TPSA) is 79.8 Å². The summed E-state index contributed by atoms with van der Waals surface area (Å²) in [7, 11) is -1.50. The predicted molar refractivity (Wildman–Crippen MR) is 138 cm³/mol. The van der Waals surface area contributed by atoms with Crippen LogP contribution >= 0.6 is 24.0 Å². The van der Waals surface area contributed by atoms with Gasteiger partial charge >= 0.3 is 0 Å². The standard InChI is InChI=1S/C23H33N3O3S.HI/c1-16-8-10-19(20(12-16)29-23(3,4)5)15-26-22(24-6)25-14-18-9-11-21(17(2)13-18)30(7,27)28;/h8-13H,14-15H2,1-7H3,(H2,24,25,26);1H. The lowest BCUT2D eigenvalue weighted by atomic mass is 10.1. The quantitative estimate of drug-likeness (QED) is 0.312. The molecule has 0 heterocycles. The average Bonchev–Trinajstić information content (AvgIpc) is 2.61. The summed E-state index contributed by atoms with van der Waals surface area (Å²) < 4.78 is 29.7. The van der Waals surface area contributed by atoms with Crippen molar-refractivity contribution < 1.29 is 13.2 Å². The molecule has 0 aliphatic carbocycles. The number of benzene rings is 2. The first-order valence-corrected chi connectivity index (χ1v) is 11.8. The Morgan fingerprint density at radius 1 is 1.03 bits per heavy atom. The van der Waals surface area contributed by atoms with Gasteiger partial charge < -0.3 is 15.4 Å². The van der Waals surface area contributed by atoms with Crippen molar-refractivity contribution in [2.24, 2.45) is 4.99 Å². The van der Waals surface area contributed by atoms with E-state index in [1.807, 2.05) is 45.9 Å². The van der Waals surface area contributed by atoms with Crippen molar-refractivity contribution in [3.8, 4) is 5.75 Å². The van der Waals surface area contributed by atoms with Crippen LogP contribution in [0.1, 0.15) is 43.0 Å². The van der Waals surface area contributed by atoms with Gasteiger partial charge in [0.15, 0.2) is 15.8 Å². The molecule has 0 saturated carbocycles. The summed E-state index contributed by atoms with van der Waals surface area (Å²) in [6, 6.07) is 11.5. The van der Waals surface area contributed by atoms with Gasteiger partial charge in [-0.2, -0.15) is 0 Å². The van der Waals surface area contributed by atoms with Gasteiger partial charge in [-0.25, -0.2) is 8.42 Å². The smallest absolute Gasteiger partial charge is 0.191 e. The molecular weight excluding hydrogens is 525 g/mol. The number of halogens is 1. The fourth-order valence-corrected chi connectivity index (χ4v) is 4.01. The molecule has 0 amide bonds. The normalized spacial score (nSPS) is 12.2. The minimum atomic E-state index is -3.21. The molecule has 0 atom stereocenters. The van der Waals surface area contributed by atoms with E-state index in [0.29, 0.717) is 23.9 Å². The molecule has 2 rings (SSSR count). The molecule has 0 saturated heterocycles. The molecule has 6 nitrogen and oxygen atoms in total. The molecule has 0 aliphatic rings. The van der Waals surface area contributed by atoms with Crippen LogP contribution in [-0.4, -0.2) is 33.3 Å². The van der Waals surface area contributed by atoms with Crippen molar-refractivity contribution in [1.29, 1.82) is 0 Å². The van der Waals surface area contributed by atoms with E-state index in [1.54, 1.807) is 20.0 Å². The number of hydrogen-bond acceptors (Lipinski definition) is 4. The van der Waals surface area contributed by atoms with Crippen LogP contribution in [0.5, 0.6) is 5.75 Å². The van der Waals surface area contributed by atoms with Crippen molar-refractivity contribution in [2.75, 3.05) is 13.3 Å². The molecule has 0 spiro atoms. The zero-order valence-electron chi connectivity index (χ0n) is 19.4. The second-order valence-electron chi connectivity index (χ2n) is 8.48. The first-order valence-electron chi connectivity index (χ1n) is 9.92.